The van der Waals surface area contributed by atoms with Crippen molar-refractivity contribution in [1.82, 2.24) is 16.1 Å². The number of hydrogen-bond acceptors (Lipinski definition) is 7. The molecule has 5 amide bonds. The van der Waals surface area contributed by atoms with Crippen molar-refractivity contribution < 1.29 is 29.1 Å². The predicted molar refractivity (Wildman–Crippen MR) is 125 cm³/mol. The van der Waals surface area contributed by atoms with Crippen molar-refractivity contribution >= 4 is 29.7 Å². The largest absolute Gasteiger partial charge is 0.481 e. The first-order chi connectivity index (χ1) is 16.2. The third-order valence-electron chi connectivity index (χ3n) is 5.51. The second-order valence-electron chi connectivity index (χ2n) is 8.21. The van der Waals surface area contributed by atoms with Gasteiger partial charge in [0.1, 0.15) is 5.41 Å². The van der Waals surface area contributed by atoms with E-state index in [1.165, 1.54) is 0 Å². The maximum atomic E-state index is 12.0. The van der Waals surface area contributed by atoms with Gasteiger partial charge in [-0.3, -0.25) is 35.2 Å². The summed E-state index contributed by atoms with van der Waals surface area (Å²) >= 11 is 0. The molecule has 1 atom stereocenters. The van der Waals surface area contributed by atoms with Crippen molar-refractivity contribution in [3.05, 3.63) is 35.9 Å². The van der Waals surface area contributed by atoms with Crippen molar-refractivity contribution in [3.8, 4) is 0 Å². The third-order valence-corrected chi connectivity index (χ3v) is 5.51. The summed E-state index contributed by atoms with van der Waals surface area (Å²) in [6.07, 6.45) is 5.76. The summed E-state index contributed by atoms with van der Waals surface area (Å²) in [4.78, 5) is 57.0. The van der Waals surface area contributed by atoms with Crippen molar-refractivity contribution in [2.45, 2.75) is 70.8 Å². The second kappa shape index (κ2) is 14.8. The zero-order valence-corrected chi connectivity index (χ0v) is 19.5. The number of carboxylic acids is 1. The van der Waals surface area contributed by atoms with Gasteiger partial charge in [-0.2, -0.15) is 0 Å². The monoisotopic (exact) mass is 477 g/mol. The van der Waals surface area contributed by atoms with Gasteiger partial charge in [0.05, 0.1) is 12.5 Å². The van der Waals surface area contributed by atoms with Crippen LogP contribution in [0.5, 0.6) is 0 Å². The predicted octanol–water partition coefficient (Wildman–Crippen LogP) is 1.11. The molecule has 0 aromatic heterocycles. The van der Waals surface area contributed by atoms with E-state index >= 15 is 0 Å². The Morgan fingerprint density at radius 1 is 1.00 bits per heavy atom. The van der Waals surface area contributed by atoms with Crippen LogP contribution in [0.2, 0.25) is 0 Å². The van der Waals surface area contributed by atoms with Crippen LogP contribution in [0.15, 0.2) is 30.3 Å². The molecule has 0 aliphatic carbocycles. The number of urea groups is 1. The number of carbonyl (C=O) groups excluding carboxylic acids is 4. The molecule has 188 valence electrons. The van der Waals surface area contributed by atoms with E-state index in [1.54, 1.807) is 0 Å². The molecule has 0 radical (unpaired) electrons. The van der Waals surface area contributed by atoms with Crippen molar-refractivity contribution in [1.29, 1.82) is 0 Å². The molecule has 0 spiro atoms. The first-order valence-electron chi connectivity index (χ1n) is 11.3. The van der Waals surface area contributed by atoms with E-state index in [4.69, 9.17) is 16.7 Å². The Kier molecular flexibility index (Phi) is 12.5. The topological polar surface area (TPSA) is 194 Å². The quantitative estimate of drug-likeness (QED) is 0.0846. The van der Waals surface area contributed by atoms with Crippen LogP contribution in [0.4, 0.5) is 4.79 Å². The molecule has 8 N–H and O–H groups in total. The summed E-state index contributed by atoms with van der Waals surface area (Å²) in [5, 5.41) is 12.9. The first-order valence-corrected chi connectivity index (χ1v) is 11.3. The number of unbranched alkanes of at least 4 members (excludes halogenated alkanes) is 5. The van der Waals surface area contributed by atoms with Gasteiger partial charge in [0.25, 0.3) is 5.91 Å². The summed E-state index contributed by atoms with van der Waals surface area (Å²) in [5.74, 6) is 1.74. The minimum atomic E-state index is -1.68. The lowest BCUT2D eigenvalue weighted by atomic mass is 9.76. The second-order valence-corrected chi connectivity index (χ2v) is 8.21. The van der Waals surface area contributed by atoms with Crippen LogP contribution in [-0.4, -0.2) is 40.9 Å². The fraction of sp³-hybridized carbons (Fsp3) is 0.522. The number of nitrogens with two attached hydrogens (primary N) is 2. The molecule has 2 rings (SSSR count). The summed E-state index contributed by atoms with van der Waals surface area (Å²) in [6, 6.07) is 8.09. The number of hydrogen-bond donors (Lipinski definition) is 6. The standard InChI is InChI=1S/C14H22N2O5.C9H13N3O/c1-2-3-4-5-6-7-8-14(9-10(17)18)11(19)15-13(21)16-12(14)20;10-8(9(13)12-11)6-7-4-2-1-3-5-7/h2-9H2,1H3,(H,17,18)(H2,15,16,19,20,21);1-5,8H,6,10-11H2,(H,12,13)/t;8-/m.0/s1. The molecule has 11 nitrogen and oxygen atoms in total. The fourth-order valence-corrected chi connectivity index (χ4v) is 3.59. The lowest BCUT2D eigenvalue weighted by Crippen LogP contribution is -2.62. The number of carbonyl (C=O) groups is 5. The van der Waals surface area contributed by atoms with Gasteiger partial charge in [0.2, 0.25) is 11.8 Å². The Balaban J connectivity index is 0.000000380. The van der Waals surface area contributed by atoms with Gasteiger partial charge in [-0.1, -0.05) is 75.8 Å². The number of benzene rings is 1. The smallest absolute Gasteiger partial charge is 0.328 e. The zero-order valence-electron chi connectivity index (χ0n) is 19.5. The molecule has 0 saturated carbocycles. The van der Waals surface area contributed by atoms with E-state index in [9.17, 15) is 24.0 Å². The molecule has 1 saturated heterocycles. The maximum absolute atomic E-state index is 12.0. The number of rotatable bonds is 12. The number of aliphatic carboxylic acids is 1. The third kappa shape index (κ3) is 9.28. The minimum Gasteiger partial charge on any atom is -0.481 e. The molecule has 1 heterocycles. The molecular formula is C23H35N5O6. The number of hydrazine groups is 1. The van der Waals surface area contributed by atoms with Gasteiger partial charge >= 0.3 is 12.0 Å². The van der Waals surface area contributed by atoms with E-state index in [1.807, 2.05) is 46.4 Å². The van der Waals surface area contributed by atoms with E-state index in [0.717, 1.165) is 37.7 Å². The Morgan fingerprint density at radius 3 is 2.09 bits per heavy atom. The highest BCUT2D eigenvalue weighted by Gasteiger charge is 2.51. The molecule has 1 fully saturated rings. The number of imide groups is 2. The maximum Gasteiger partial charge on any atom is 0.328 e. The summed E-state index contributed by atoms with van der Waals surface area (Å²) < 4.78 is 0. The molecular weight excluding hydrogens is 442 g/mol. The molecule has 1 aliphatic rings. The van der Waals surface area contributed by atoms with E-state index in [0.29, 0.717) is 12.8 Å². The molecule has 34 heavy (non-hydrogen) atoms. The van der Waals surface area contributed by atoms with Crippen LogP contribution >= 0.6 is 0 Å². The van der Waals surface area contributed by atoms with E-state index in [2.05, 4.69) is 6.92 Å². The van der Waals surface area contributed by atoms with Crippen molar-refractivity contribution in [3.63, 3.8) is 0 Å². The van der Waals surface area contributed by atoms with Crippen LogP contribution in [0.3, 0.4) is 0 Å². The Morgan fingerprint density at radius 2 is 1.56 bits per heavy atom. The van der Waals surface area contributed by atoms with E-state index < -0.39 is 41.7 Å². The Hall–Kier alpha value is -3.31. The van der Waals surface area contributed by atoms with Gasteiger partial charge in [-0.25, -0.2) is 10.6 Å². The van der Waals surface area contributed by atoms with E-state index in [-0.39, 0.29) is 12.3 Å². The minimum absolute atomic E-state index is 0.135. The van der Waals surface area contributed by atoms with Gasteiger partial charge in [0.15, 0.2) is 0 Å². The lowest BCUT2D eigenvalue weighted by Gasteiger charge is -2.32. The molecule has 1 aromatic rings. The molecule has 1 aromatic carbocycles. The van der Waals surface area contributed by atoms with Crippen molar-refractivity contribution in [2.75, 3.05) is 0 Å². The SMILES string of the molecule is CCCCCCCCC1(CC(=O)O)C(=O)NC(=O)NC1=O.NNC(=O)[C@@H](N)Cc1ccccc1. The van der Waals surface area contributed by atoms with Gasteiger partial charge in [0, 0.05) is 0 Å². The van der Waals surface area contributed by atoms with Gasteiger partial charge in [-0.05, 0) is 18.4 Å². The van der Waals surface area contributed by atoms with Crippen LogP contribution in [0.1, 0.15) is 63.9 Å². The molecule has 11 heteroatoms. The average molecular weight is 478 g/mol. The fourth-order valence-electron chi connectivity index (χ4n) is 3.59. The number of carboxylic acid groups (broad SMARTS) is 1. The highest BCUT2D eigenvalue weighted by atomic mass is 16.4. The number of amides is 5. The number of nitrogens with one attached hydrogen (secondary N) is 3. The Bertz CT molecular complexity index is 826. The molecule has 1 aliphatic heterocycles. The normalized spacial score (nSPS) is 15.3. The highest BCUT2D eigenvalue weighted by Crippen LogP contribution is 2.32. The van der Waals surface area contributed by atoms with Crippen LogP contribution in [0.25, 0.3) is 0 Å². The average Bonchev–Trinajstić information content (AvgIpc) is 2.79. The number of barbiturate groups is 1. The molecule has 0 bridgehead atoms. The van der Waals surface area contributed by atoms with Crippen LogP contribution < -0.4 is 27.6 Å². The van der Waals surface area contributed by atoms with Gasteiger partial charge in [-0.15, -0.1) is 0 Å². The van der Waals surface area contributed by atoms with Crippen molar-refractivity contribution in [2.24, 2.45) is 17.0 Å². The summed E-state index contributed by atoms with van der Waals surface area (Å²) in [5.41, 5.74) is 6.94. The zero-order chi connectivity index (χ0) is 25.6. The van der Waals surface area contributed by atoms with Crippen LogP contribution in [0, 0.1) is 5.41 Å². The summed E-state index contributed by atoms with van der Waals surface area (Å²) in [7, 11) is 0. The first kappa shape index (κ1) is 28.7. The molecule has 0 unspecified atom stereocenters. The summed E-state index contributed by atoms with van der Waals surface area (Å²) in [6.45, 7) is 2.11. The highest BCUT2D eigenvalue weighted by molar-refractivity contribution is 6.20. The Labute approximate surface area is 199 Å². The lowest BCUT2D eigenvalue weighted by molar-refractivity contribution is -0.154. The van der Waals surface area contributed by atoms with Gasteiger partial charge < -0.3 is 10.8 Å². The van der Waals surface area contributed by atoms with Crippen LogP contribution in [-0.2, 0) is 25.6 Å².